The highest BCUT2D eigenvalue weighted by Crippen LogP contribution is 2.36. The van der Waals surface area contributed by atoms with E-state index in [4.69, 9.17) is 16.6 Å². The number of terminal acetylenes is 1. The molecule has 0 unspecified atom stereocenters. The number of alkyl halides is 3. The molecule has 0 saturated heterocycles. The first-order chi connectivity index (χ1) is 12.2. The fraction of sp³-hybridized carbons (Fsp3) is 0.188. The second kappa shape index (κ2) is 7.26. The number of halogens is 4. The number of amides is 2. The number of benzene rings is 1. The highest BCUT2D eigenvalue weighted by Gasteiger charge is 2.33. The van der Waals surface area contributed by atoms with E-state index >= 15 is 0 Å². The van der Waals surface area contributed by atoms with Crippen LogP contribution in [0.25, 0.3) is 0 Å². The zero-order chi connectivity index (χ0) is 19.5. The Labute approximate surface area is 144 Å². The van der Waals surface area contributed by atoms with Gasteiger partial charge in [0, 0.05) is 18.4 Å². The number of anilines is 2. The van der Waals surface area contributed by atoms with Gasteiger partial charge in [-0.3, -0.25) is 14.5 Å². The maximum Gasteiger partial charge on any atom is 0.418 e. The molecule has 26 heavy (non-hydrogen) atoms. The van der Waals surface area contributed by atoms with Gasteiger partial charge in [0.05, 0.1) is 23.5 Å². The summed E-state index contributed by atoms with van der Waals surface area (Å²) in [6.07, 6.45) is 0.349. The second-order valence-electron chi connectivity index (χ2n) is 5.00. The van der Waals surface area contributed by atoms with Crippen molar-refractivity contribution in [3.8, 4) is 18.1 Å². The van der Waals surface area contributed by atoms with Crippen LogP contribution in [-0.4, -0.2) is 37.4 Å². The maximum atomic E-state index is 14.1. The Hall–Kier alpha value is -3.35. The number of allylic oxidation sites excluding steroid dienone is 1. The topological polar surface area (TPSA) is 82.5 Å². The van der Waals surface area contributed by atoms with Crippen molar-refractivity contribution >= 4 is 29.4 Å². The molecule has 0 fully saturated rings. The molecule has 1 aliphatic heterocycles. The van der Waals surface area contributed by atoms with Crippen LogP contribution in [0.5, 0.6) is 5.75 Å². The molecule has 1 aromatic rings. The van der Waals surface area contributed by atoms with Gasteiger partial charge in [0.25, 0.3) is 5.91 Å². The molecule has 0 atom stereocenters. The van der Waals surface area contributed by atoms with Crippen LogP contribution in [0.4, 0.5) is 28.9 Å². The van der Waals surface area contributed by atoms with Gasteiger partial charge in [-0.05, 0) is 6.07 Å². The molecule has 0 saturated carbocycles. The first-order valence-corrected chi connectivity index (χ1v) is 6.98. The summed E-state index contributed by atoms with van der Waals surface area (Å²) >= 11 is 0. The number of ether oxygens (including phenoxy) is 1. The van der Waals surface area contributed by atoms with Gasteiger partial charge in [0.1, 0.15) is 5.75 Å². The zero-order valence-electron chi connectivity index (χ0n) is 13.0. The Bertz CT molecular complexity index is 840. The average Bonchev–Trinajstić information content (AvgIpc) is 2.55. The van der Waals surface area contributed by atoms with Crippen LogP contribution in [0.3, 0.4) is 0 Å². The minimum absolute atomic E-state index is 0.00126. The lowest BCUT2D eigenvalue weighted by Gasteiger charge is -2.28. The Kier molecular flexibility index (Phi) is 5.30. The smallest absolute Gasteiger partial charge is 0.418 e. The third kappa shape index (κ3) is 4.00. The number of nitrogens with zero attached hydrogens (tertiary/aromatic N) is 1. The first kappa shape index (κ1) is 19.0. The molecule has 0 bridgehead atoms. The number of fused-ring (bicyclic) bond motifs is 1. The van der Waals surface area contributed by atoms with E-state index in [1.54, 1.807) is 0 Å². The Morgan fingerprint density at radius 3 is 2.73 bits per heavy atom. The average molecular weight is 369 g/mol. The van der Waals surface area contributed by atoms with Crippen LogP contribution in [0.1, 0.15) is 0 Å². The summed E-state index contributed by atoms with van der Waals surface area (Å²) in [7, 11) is 0. The van der Waals surface area contributed by atoms with E-state index in [1.165, 1.54) is 0 Å². The molecule has 0 spiro atoms. The molecule has 2 N–H and O–H groups in total. The van der Waals surface area contributed by atoms with E-state index in [0.717, 1.165) is 17.0 Å². The summed E-state index contributed by atoms with van der Waals surface area (Å²) in [6.45, 7) is -0.489. The Balaban J connectivity index is 2.35. The summed E-state index contributed by atoms with van der Waals surface area (Å²) < 4.78 is 56.8. The van der Waals surface area contributed by atoms with Gasteiger partial charge in [-0.1, -0.05) is 5.92 Å². The van der Waals surface area contributed by atoms with Crippen LogP contribution < -0.4 is 15.0 Å². The van der Waals surface area contributed by atoms with E-state index < -0.39 is 35.1 Å². The molecule has 1 aromatic carbocycles. The van der Waals surface area contributed by atoms with Gasteiger partial charge >= 0.3 is 6.18 Å². The first-order valence-electron chi connectivity index (χ1n) is 6.98. The molecule has 2 rings (SSSR count). The van der Waals surface area contributed by atoms with Gasteiger partial charge in [0.2, 0.25) is 5.91 Å². The van der Waals surface area contributed by atoms with Crippen LogP contribution in [-0.2, 0) is 9.59 Å². The molecule has 0 radical (unpaired) electrons. The lowest BCUT2D eigenvalue weighted by Crippen LogP contribution is -2.39. The van der Waals surface area contributed by atoms with Gasteiger partial charge in [-0.2, -0.15) is 13.2 Å². The standard InChI is InChI=1S/C16H11F4N3O3/c1-2-3-23-12-6-11(10(17)5-13(12)26-8-15(23)25)22-14(24)4-9(7-21)16(18,19)20/h1,4-7,21H,3,8H2,(H,22,24)/b9-4+,21-7?. The molecule has 0 aliphatic carbocycles. The van der Waals surface area contributed by atoms with Gasteiger partial charge < -0.3 is 15.5 Å². The van der Waals surface area contributed by atoms with Gasteiger partial charge in [-0.15, -0.1) is 6.42 Å². The maximum absolute atomic E-state index is 14.1. The van der Waals surface area contributed by atoms with Crippen LogP contribution in [0.2, 0.25) is 0 Å². The van der Waals surface area contributed by atoms with Crippen molar-refractivity contribution in [2.24, 2.45) is 0 Å². The van der Waals surface area contributed by atoms with E-state index in [1.807, 2.05) is 5.32 Å². The van der Waals surface area contributed by atoms with Crippen LogP contribution >= 0.6 is 0 Å². The van der Waals surface area contributed by atoms with Gasteiger partial charge in [-0.25, -0.2) is 4.39 Å². The fourth-order valence-electron chi connectivity index (χ4n) is 2.10. The summed E-state index contributed by atoms with van der Waals surface area (Å²) in [6, 6.07) is 1.91. The van der Waals surface area contributed by atoms with Crippen molar-refractivity contribution in [1.29, 1.82) is 5.41 Å². The molecule has 1 aliphatic rings. The van der Waals surface area contributed by atoms with E-state index in [0.29, 0.717) is 0 Å². The van der Waals surface area contributed by atoms with Crippen molar-refractivity contribution in [1.82, 2.24) is 0 Å². The summed E-state index contributed by atoms with van der Waals surface area (Å²) in [5.41, 5.74) is -1.92. The van der Waals surface area contributed by atoms with Crippen molar-refractivity contribution in [2.45, 2.75) is 6.18 Å². The number of hydrogen-bond acceptors (Lipinski definition) is 4. The summed E-state index contributed by atoms with van der Waals surface area (Å²) in [5.74, 6) is -0.536. The Morgan fingerprint density at radius 1 is 1.46 bits per heavy atom. The van der Waals surface area contributed by atoms with Crippen molar-refractivity contribution in [2.75, 3.05) is 23.4 Å². The quantitative estimate of drug-likeness (QED) is 0.370. The third-order valence-corrected chi connectivity index (χ3v) is 3.27. The predicted octanol–water partition coefficient (Wildman–Crippen LogP) is 2.26. The minimum Gasteiger partial charge on any atom is -0.481 e. The molecule has 10 heteroatoms. The largest absolute Gasteiger partial charge is 0.481 e. The third-order valence-electron chi connectivity index (χ3n) is 3.27. The number of nitrogens with one attached hydrogen (secondary N) is 2. The number of carbonyl (C=O) groups excluding carboxylic acids is 2. The molecular weight excluding hydrogens is 358 g/mol. The van der Waals surface area contributed by atoms with Crippen molar-refractivity contribution in [3.63, 3.8) is 0 Å². The predicted molar refractivity (Wildman–Crippen MR) is 84.6 cm³/mol. The van der Waals surface area contributed by atoms with Crippen LogP contribution in [0, 0.1) is 23.6 Å². The molecule has 2 amide bonds. The minimum atomic E-state index is -4.91. The van der Waals surface area contributed by atoms with Gasteiger partial charge in [0.15, 0.2) is 12.4 Å². The lowest BCUT2D eigenvalue weighted by molar-refractivity contribution is -0.121. The molecular formula is C16H11F4N3O3. The highest BCUT2D eigenvalue weighted by atomic mass is 19.4. The normalized spacial score (nSPS) is 14.2. The monoisotopic (exact) mass is 369 g/mol. The van der Waals surface area contributed by atoms with Crippen molar-refractivity contribution in [3.05, 3.63) is 29.6 Å². The van der Waals surface area contributed by atoms with E-state index in [2.05, 4.69) is 5.92 Å². The van der Waals surface area contributed by atoms with E-state index in [-0.39, 0.29) is 36.9 Å². The number of carbonyl (C=O) groups is 2. The number of rotatable bonds is 4. The lowest BCUT2D eigenvalue weighted by atomic mass is 10.2. The highest BCUT2D eigenvalue weighted by molar-refractivity contribution is 6.04. The summed E-state index contributed by atoms with van der Waals surface area (Å²) in [4.78, 5) is 24.7. The molecule has 136 valence electrons. The molecule has 6 nitrogen and oxygen atoms in total. The zero-order valence-corrected chi connectivity index (χ0v) is 13.0. The SMILES string of the molecule is C#CCN1C(=O)COc2cc(F)c(NC(=O)/C=C(\C=N)C(F)(F)F)cc21. The second-order valence-corrected chi connectivity index (χ2v) is 5.00. The Morgan fingerprint density at radius 2 is 2.15 bits per heavy atom. The summed E-state index contributed by atoms with van der Waals surface area (Å²) in [5, 5.41) is 8.64. The fourth-order valence-corrected chi connectivity index (χ4v) is 2.10. The van der Waals surface area contributed by atoms with Crippen LogP contribution in [0.15, 0.2) is 23.8 Å². The van der Waals surface area contributed by atoms with E-state index in [9.17, 15) is 27.2 Å². The molecule has 1 heterocycles. The molecule has 0 aromatic heterocycles. The van der Waals surface area contributed by atoms with Crippen molar-refractivity contribution < 1.29 is 31.9 Å². The number of hydrogen-bond donors (Lipinski definition) is 2.